The maximum atomic E-state index is 9.09. The van der Waals surface area contributed by atoms with E-state index in [9.17, 15) is 0 Å². The summed E-state index contributed by atoms with van der Waals surface area (Å²) in [5, 5.41) is 17.3. The van der Waals surface area contributed by atoms with Gasteiger partial charge in [-0.15, -0.1) is 5.10 Å². The molecule has 0 spiro atoms. The molecule has 1 rings (SSSR count). The molecule has 0 fully saturated rings. The fourth-order valence-electron chi connectivity index (χ4n) is 2.64. The summed E-state index contributed by atoms with van der Waals surface area (Å²) in [4.78, 5) is 0. The van der Waals surface area contributed by atoms with Gasteiger partial charge >= 0.3 is 0 Å². The molecule has 1 heterocycles. The Bertz CT molecular complexity index is 326. The number of rotatable bonds is 12. The minimum Gasteiger partial charge on any atom is -0.374 e. The summed E-state index contributed by atoms with van der Waals surface area (Å²) in [5.41, 5.74) is 1.06. The Morgan fingerprint density at radius 3 is 2.05 bits per heavy atom. The predicted octanol–water partition coefficient (Wildman–Crippen LogP) is 4.25. The zero-order chi connectivity index (χ0) is 14.6. The van der Waals surface area contributed by atoms with E-state index >= 15 is 0 Å². The zero-order valence-corrected chi connectivity index (χ0v) is 13.2. The number of unbranched alkanes of at least 4 members (excludes halogenated alkanes) is 6. The molecule has 116 valence electrons. The van der Waals surface area contributed by atoms with Gasteiger partial charge in [0.1, 0.15) is 6.73 Å². The second kappa shape index (κ2) is 10.8. The van der Waals surface area contributed by atoms with E-state index in [0.717, 1.165) is 5.69 Å². The van der Waals surface area contributed by atoms with Crippen LogP contribution in [0.15, 0.2) is 6.20 Å². The number of hydrogen-bond acceptors (Lipinski definition) is 3. The first-order valence-corrected chi connectivity index (χ1v) is 8.32. The van der Waals surface area contributed by atoms with E-state index in [-0.39, 0.29) is 6.73 Å². The highest BCUT2D eigenvalue weighted by Crippen LogP contribution is 2.27. The number of nitrogens with zero attached hydrogens (tertiary/aromatic N) is 3. The lowest BCUT2D eigenvalue weighted by Gasteiger charge is -2.14. The molecule has 0 aromatic carbocycles. The van der Waals surface area contributed by atoms with Crippen molar-refractivity contribution in [3.05, 3.63) is 11.9 Å². The maximum absolute atomic E-state index is 9.09. The van der Waals surface area contributed by atoms with Gasteiger partial charge in [-0.2, -0.15) is 0 Å². The molecule has 0 unspecified atom stereocenters. The lowest BCUT2D eigenvalue weighted by Crippen LogP contribution is -2.01. The van der Waals surface area contributed by atoms with Crippen LogP contribution in [0.1, 0.15) is 89.7 Å². The molecule has 1 aromatic rings. The summed E-state index contributed by atoms with van der Waals surface area (Å²) in [6, 6.07) is 0. The van der Waals surface area contributed by atoms with Crippen LogP contribution in [0.25, 0.3) is 0 Å². The van der Waals surface area contributed by atoms with Crippen molar-refractivity contribution in [1.82, 2.24) is 15.0 Å². The summed E-state index contributed by atoms with van der Waals surface area (Å²) in [5.74, 6) is 0.518. The molecule has 4 heteroatoms. The third kappa shape index (κ3) is 6.51. The van der Waals surface area contributed by atoms with Crippen molar-refractivity contribution in [2.24, 2.45) is 0 Å². The molecule has 0 atom stereocenters. The van der Waals surface area contributed by atoms with Gasteiger partial charge < -0.3 is 5.11 Å². The molecule has 0 saturated carbocycles. The molecule has 0 amide bonds. The molecule has 0 saturated heterocycles. The maximum Gasteiger partial charge on any atom is 0.137 e. The van der Waals surface area contributed by atoms with Gasteiger partial charge in [-0.3, -0.25) is 0 Å². The molecule has 1 aromatic heterocycles. The minimum atomic E-state index is -0.0780. The minimum absolute atomic E-state index is 0.0780. The highest BCUT2D eigenvalue weighted by Gasteiger charge is 2.15. The first-order valence-electron chi connectivity index (χ1n) is 8.32. The second-order valence-corrected chi connectivity index (χ2v) is 5.72. The summed E-state index contributed by atoms with van der Waals surface area (Å²) in [6.07, 6.45) is 14.7. The zero-order valence-electron chi connectivity index (χ0n) is 13.2. The summed E-state index contributed by atoms with van der Waals surface area (Å²) >= 11 is 0. The Morgan fingerprint density at radius 1 is 1.00 bits per heavy atom. The van der Waals surface area contributed by atoms with Crippen LogP contribution in [0.4, 0.5) is 0 Å². The average Bonchev–Trinajstić information content (AvgIpc) is 2.94. The standard InChI is InChI=1S/C16H31N3O/c1-3-5-7-9-11-15(12-10-8-6-4-2)16-13-19(14-20)18-17-16/h13,15,20H,3-12,14H2,1-2H3. The monoisotopic (exact) mass is 281 g/mol. The van der Waals surface area contributed by atoms with Crippen molar-refractivity contribution in [2.75, 3.05) is 0 Å². The van der Waals surface area contributed by atoms with Gasteiger partial charge in [-0.25, -0.2) is 4.68 Å². The number of aromatic nitrogens is 3. The van der Waals surface area contributed by atoms with Gasteiger partial charge in [0, 0.05) is 5.92 Å². The van der Waals surface area contributed by atoms with Gasteiger partial charge in [0.05, 0.1) is 11.9 Å². The van der Waals surface area contributed by atoms with E-state index in [4.69, 9.17) is 5.11 Å². The smallest absolute Gasteiger partial charge is 0.137 e. The summed E-state index contributed by atoms with van der Waals surface area (Å²) in [7, 11) is 0. The molecular weight excluding hydrogens is 250 g/mol. The van der Waals surface area contributed by atoms with E-state index in [2.05, 4.69) is 24.2 Å². The Hall–Kier alpha value is -0.900. The van der Waals surface area contributed by atoms with Crippen molar-refractivity contribution < 1.29 is 5.11 Å². The first-order chi connectivity index (χ1) is 9.81. The largest absolute Gasteiger partial charge is 0.374 e. The first kappa shape index (κ1) is 17.2. The highest BCUT2D eigenvalue weighted by molar-refractivity contribution is 5.01. The Morgan fingerprint density at radius 2 is 1.60 bits per heavy atom. The van der Waals surface area contributed by atoms with Crippen molar-refractivity contribution in [3.63, 3.8) is 0 Å². The van der Waals surface area contributed by atoms with E-state index < -0.39 is 0 Å². The van der Waals surface area contributed by atoms with Crippen LogP contribution in [0.5, 0.6) is 0 Å². The topological polar surface area (TPSA) is 50.9 Å². The van der Waals surface area contributed by atoms with Crippen LogP contribution in [-0.4, -0.2) is 20.1 Å². The number of aliphatic hydroxyl groups is 1. The van der Waals surface area contributed by atoms with Crippen LogP contribution in [0.3, 0.4) is 0 Å². The van der Waals surface area contributed by atoms with Gasteiger partial charge in [0.2, 0.25) is 0 Å². The van der Waals surface area contributed by atoms with Gasteiger partial charge in [0.25, 0.3) is 0 Å². The SMILES string of the molecule is CCCCCCC(CCCCCC)c1cn(CO)nn1. The fourth-order valence-corrected chi connectivity index (χ4v) is 2.64. The van der Waals surface area contributed by atoms with Crippen LogP contribution < -0.4 is 0 Å². The number of hydrogen-bond donors (Lipinski definition) is 1. The van der Waals surface area contributed by atoms with E-state index in [1.807, 2.05) is 6.20 Å². The molecule has 20 heavy (non-hydrogen) atoms. The van der Waals surface area contributed by atoms with Crippen LogP contribution >= 0.6 is 0 Å². The Labute approximate surface area is 123 Å². The Balaban J connectivity index is 2.44. The molecule has 0 radical (unpaired) electrons. The van der Waals surface area contributed by atoms with E-state index in [1.165, 1.54) is 68.9 Å². The lowest BCUT2D eigenvalue weighted by atomic mass is 9.92. The third-order valence-corrected chi connectivity index (χ3v) is 3.93. The molecule has 0 aliphatic rings. The highest BCUT2D eigenvalue weighted by atomic mass is 16.3. The van der Waals surface area contributed by atoms with Crippen molar-refractivity contribution >= 4 is 0 Å². The van der Waals surface area contributed by atoms with E-state index in [1.54, 1.807) is 0 Å². The Kier molecular flexibility index (Phi) is 9.29. The van der Waals surface area contributed by atoms with Crippen LogP contribution in [0.2, 0.25) is 0 Å². The molecular formula is C16H31N3O. The fraction of sp³-hybridized carbons (Fsp3) is 0.875. The molecule has 0 aliphatic heterocycles. The molecule has 0 bridgehead atoms. The van der Waals surface area contributed by atoms with E-state index in [0.29, 0.717) is 5.92 Å². The van der Waals surface area contributed by atoms with Gasteiger partial charge in [0.15, 0.2) is 0 Å². The lowest BCUT2D eigenvalue weighted by molar-refractivity contribution is 0.192. The predicted molar refractivity (Wildman–Crippen MR) is 82.5 cm³/mol. The molecule has 0 aliphatic carbocycles. The second-order valence-electron chi connectivity index (χ2n) is 5.72. The number of aliphatic hydroxyl groups excluding tert-OH is 1. The third-order valence-electron chi connectivity index (χ3n) is 3.93. The van der Waals surface area contributed by atoms with Crippen molar-refractivity contribution in [1.29, 1.82) is 0 Å². The van der Waals surface area contributed by atoms with Gasteiger partial charge in [-0.05, 0) is 12.8 Å². The molecule has 1 N–H and O–H groups in total. The summed E-state index contributed by atoms with van der Waals surface area (Å²) in [6.45, 7) is 4.41. The molecule has 4 nitrogen and oxygen atoms in total. The normalized spacial score (nSPS) is 11.4. The van der Waals surface area contributed by atoms with Gasteiger partial charge in [-0.1, -0.05) is 70.4 Å². The quantitative estimate of drug-likeness (QED) is 0.583. The summed E-state index contributed by atoms with van der Waals surface area (Å²) < 4.78 is 1.51. The van der Waals surface area contributed by atoms with Crippen LogP contribution in [0, 0.1) is 0 Å². The van der Waals surface area contributed by atoms with Crippen molar-refractivity contribution in [2.45, 2.75) is 90.7 Å². The van der Waals surface area contributed by atoms with Crippen LogP contribution in [-0.2, 0) is 6.73 Å². The van der Waals surface area contributed by atoms with Crippen molar-refractivity contribution in [3.8, 4) is 0 Å². The average molecular weight is 281 g/mol.